The number of hydrogen-bond acceptors (Lipinski definition) is 4. The fourth-order valence-corrected chi connectivity index (χ4v) is 3.64. The van der Waals surface area contributed by atoms with Crippen molar-refractivity contribution >= 4 is 5.96 Å². The van der Waals surface area contributed by atoms with Gasteiger partial charge in [0.05, 0.1) is 19.3 Å². The Morgan fingerprint density at radius 2 is 2.04 bits per heavy atom. The average Bonchev–Trinajstić information content (AvgIpc) is 2.74. The number of hydrogen-bond donors (Lipinski definition) is 2. The molecule has 0 aliphatic carbocycles. The maximum absolute atomic E-state index is 5.18. The molecule has 2 unspecified atom stereocenters. The van der Waals surface area contributed by atoms with Crippen LogP contribution in [0.1, 0.15) is 31.0 Å². The number of rotatable bonds is 6. The van der Waals surface area contributed by atoms with Crippen molar-refractivity contribution in [1.82, 2.24) is 20.5 Å². The Kier molecular flexibility index (Phi) is 7.25. The van der Waals surface area contributed by atoms with Crippen molar-refractivity contribution < 1.29 is 4.74 Å². The van der Waals surface area contributed by atoms with Crippen molar-refractivity contribution in [2.45, 2.75) is 44.9 Å². The van der Waals surface area contributed by atoms with Crippen LogP contribution in [-0.4, -0.2) is 48.6 Å². The molecule has 2 aromatic rings. The van der Waals surface area contributed by atoms with E-state index in [-0.39, 0.29) is 0 Å². The molecule has 0 bridgehead atoms. The van der Waals surface area contributed by atoms with E-state index in [2.05, 4.69) is 62.8 Å². The van der Waals surface area contributed by atoms with Gasteiger partial charge in [0, 0.05) is 38.3 Å². The summed E-state index contributed by atoms with van der Waals surface area (Å²) in [5, 5.41) is 6.93. The highest BCUT2D eigenvalue weighted by Crippen LogP contribution is 2.20. The van der Waals surface area contributed by atoms with E-state index in [0.717, 1.165) is 37.6 Å². The Balaban J connectivity index is 1.47. The molecule has 3 rings (SSSR count). The zero-order chi connectivity index (χ0) is 19.8. The third kappa shape index (κ3) is 5.70. The fraction of sp³-hybridized carbons (Fsp3) is 0.455. The van der Waals surface area contributed by atoms with Crippen LogP contribution < -0.4 is 15.4 Å². The van der Waals surface area contributed by atoms with Gasteiger partial charge in [-0.3, -0.25) is 9.89 Å². The van der Waals surface area contributed by atoms with Gasteiger partial charge in [-0.1, -0.05) is 36.4 Å². The maximum Gasteiger partial charge on any atom is 0.213 e. The number of nitrogens with one attached hydrogen (secondary N) is 2. The highest BCUT2D eigenvalue weighted by atomic mass is 16.5. The average molecular weight is 382 g/mol. The zero-order valence-electron chi connectivity index (χ0n) is 17.1. The van der Waals surface area contributed by atoms with E-state index in [4.69, 9.17) is 4.74 Å². The molecular formula is C22H31N5O. The molecular weight excluding hydrogens is 350 g/mol. The maximum atomic E-state index is 5.18. The first kappa shape index (κ1) is 20.1. The minimum atomic E-state index is 0.423. The molecule has 1 saturated heterocycles. The lowest BCUT2D eigenvalue weighted by Crippen LogP contribution is -2.51. The topological polar surface area (TPSA) is 61.8 Å². The lowest BCUT2D eigenvalue weighted by atomic mass is 9.97. The molecule has 150 valence electrons. The molecule has 1 aliphatic heterocycles. The number of aromatic nitrogens is 1. The number of piperidine rings is 1. The first-order valence-corrected chi connectivity index (χ1v) is 9.93. The predicted octanol–water partition coefficient (Wildman–Crippen LogP) is 2.81. The fourth-order valence-electron chi connectivity index (χ4n) is 3.64. The van der Waals surface area contributed by atoms with Crippen LogP contribution >= 0.6 is 0 Å². The third-order valence-electron chi connectivity index (χ3n) is 5.23. The summed E-state index contributed by atoms with van der Waals surface area (Å²) in [6, 6.07) is 17.4. The lowest BCUT2D eigenvalue weighted by Gasteiger charge is -2.38. The molecule has 2 N–H and O–H groups in total. The summed E-state index contributed by atoms with van der Waals surface area (Å²) in [5.41, 5.74) is 2.30. The van der Waals surface area contributed by atoms with Gasteiger partial charge in [-0.15, -0.1) is 0 Å². The first-order chi connectivity index (χ1) is 13.7. The van der Waals surface area contributed by atoms with Gasteiger partial charge >= 0.3 is 0 Å². The van der Waals surface area contributed by atoms with Crippen LogP contribution in [0.3, 0.4) is 0 Å². The minimum Gasteiger partial charge on any atom is -0.481 e. The summed E-state index contributed by atoms with van der Waals surface area (Å²) in [7, 11) is 3.44. The van der Waals surface area contributed by atoms with Crippen molar-refractivity contribution in [3.63, 3.8) is 0 Å². The van der Waals surface area contributed by atoms with Crippen molar-refractivity contribution in [1.29, 1.82) is 0 Å². The van der Waals surface area contributed by atoms with Crippen molar-refractivity contribution in [3.8, 4) is 5.88 Å². The van der Waals surface area contributed by atoms with E-state index < -0.39 is 0 Å². The number of benzene rings is 1. The molecule has 2 atom stereocenters. The van der Waals surface area contributed by atoms with Gasteiger partial charge < -0.3 is 15.4 Å². The molecule has 0 spiro atoms. The summed E-state index contributed by atoms with van der Waals surface area (Å²) >= 11 is 0. The lowest BCUT2D eigenvalue weighted by molar-refractivity contribution is 0.134. The van der Waals surface area contributed by atoms with E-state index >= 15 is 0 Å². The molecule has 0 amide bonds. The summed E-state index contributed by atoms with van der Waals surface area (Å²) in [6.45, 7) is 5.03. The number of methoxy groups -OCH3 is 1. The van der Waals surface area contributed by atoms with Crippen molar-refractivity contribution in [3.05, 3.63) is 59.8 Å². The van der Waals surface area contributed by atoms with Gasteiger partial charge in [-0.25, -0.2) is 4.98 Å². The molecule has 1 aromatic carbocycles. The Bertz CT molecular complexity index is 765. The van der Waals surface area contributed by atoms with Crippen LogP contribution in [0, 0.1) is 0 Å². The smallest absolute Gasteiger partial charge is 0.213 e. The van der Waals surface area contributed by atoms with E-state index in [1.54, 1.807) is 7.11 Å². The number of guanidine groups is 1. The molecule has 1 aliphatic rings. The van der Waals surface area contributed by atoms with Gasteiger partial charge in [-0.05, 0) is 31.4 Å². The van der Waals surface area contributed by atoms with Crippen LogP contribution in [0.25, 0.3) is 0 Å². The molecule has 2 heterocycles. The molecule has 1 fully saturated rings. The van der Waals surface area contributed by atoms with Crippen LogP contribution in [0.5, 0.6) is 5.88 Å². The van der Waals surface area contributed by atoms with Gasteiger partial charge in [-0.2, -0.15) is 0 Å². The molecule has 1 aromatic heterocycles. The first-order valence-electron chi connectivity index (χ1n) is 9.93. The quantitative estimate of drug-likeness (QED) is 0.595. The summed E-state index contributed by atoms with van der Waals surface area (Å²) in [6.07, 6.45) is 2.21. The summed E-state index contributed by atoms with van der Waals surface area (Å²) in [5.74, 6) is 1.44. The van der Waals surface area contributed by atoms with Crippen LogP contribution in [0.15, 0.2) is 53.5 Å². The number of likely N-dealkylation sites (tertiary alicyclic amines) is 1. The van der Waals surface area contributed by atoms with Crippen molar-refractivity contribution in [2.24, 2.45) is 4.99 Å². The molecule has 28 heavy (non-hydrogen) atoms. The highest BCUT2D eigenvalue weighted by Gasteiger charge is 2.25. The van der Waals surface area contributed by atoms with Gasteiger partial charge in [0.25, 0.3) is 0 Å². The SMILES string of the molecule is CN=C(NCc1cccc(OC)n1)NC1CCN(Cc2ccccc2)C(C)C1. The normalized spacial score (nSPS) is 20.6. The van der Waals surface area contributed by atoms with E-state index in [9.17, 15) is 0 Å². The molecule has 0 saturated carbocycles. The molecule has 6 nitrogen and oxygen atoms in total. The van der Waals surface area contributed by atoms with E-state index in [1.807, 2.05) is 25.2 Å². The van der Waals surface area contributed by atoms with Gasteiger partial charge in [0.2, 0.25) is 5.88 Å². The molecule has 0 radical (unpaired) electrons. The number of pyridine rings is 1. The Morgan fingerprint density at radius 3 is 2.75 bits per heavy atom. The second-order valence-electron chi connectivity index (χ2n) is 7.27. The molecule has 6 heteroatoms. The summed E-state index contributed by atoms with van der Waals surface area (Å²) in [4.78, 5) is 11.4. The Hall–Kier alpha value is -2.60. The Labute approximate surface area is 168 Å². The Morgan fingerprint density at radius 1 is 1.21 bits per heavy atom. The second kappa shape index (κ2) is 10.1. The zero-order valence-corrected chi connectivity index (χ0v) is 17.1. The van der Waals surface area contributed by atoms with Crippen LogP contribution in [0.2, 0.25) is 0 Å². The van der Waals surface area contributed by atoms with Gasteiger partial charge in [0.1, 0.15) is 0 Å². The summed E-state index contributed by atoms with van der Waals surface area (Å²) < 4.78 is 5.18. The number of ether oxygens (including phenoxy) is 1. The third-order valence-corrected chi connectivity index (χ3v) is 5.23. The second-order valence-corrected chi connectivity index (χ2v) is 7.27. The minimum absolute atomic E-state index is 0.423. The highest BCUT2D eigenvalue weighted by molar-refractivity contribution is 5.79. The van der Waals surface area contributed by atoms with E-state index in [1.165, 1.54) is 5.56 Å². The standard InChI is InChI=1S/C22H31N5O/c1-17-14-19(12-13-27(17)16-18-8-5-4-6-9-18)26-22(23-2)24-15-20-10-7-11-21(25-20)28-3/h4-11,17,19H,12-16H2,1-3H3,(H2,23,24,26). The van der Waals surface area contributed by atoms with Crippen LogP contribution in [-0.2, 0) is 13.1 Å². The van der Waals surface area contributed by atoms with Crippen LogP contribution in [0.4, 0.5) is 0 Å². The predicted molar refractivity (Wildman–Crippen MR) is 113 cm³/mol. The van der Waals surface area contributed by atoms with Gasteiger partial charge in [0.15, 0.2) is 5.96 Å². The van der Waals surface area contributed by atoms with Crippen molar-refractivity contribution in [2.75, 3.05) is 20.7 Å². The number of aliphatic imine (C=N–C) groups is 1. The number of nitrogens with zero attached hydrogens (tertiary/aromatic N) is 3. The van der Waals surface area contributed by atoms with E-state index in [0.29, 0.717) is 24.5 Å². The monoisotopic (exact) mass is 381 g/mol. The largest absolute Gasteiger partial charge is 0.481 e.